The monoisotopic (exact) mass is 292 g/mol. The number of carbonyl (C=O) groups is 2. The van der Waals surface area contributed by atoms with Crippen molar-refractivity contribution in [1.29, 1.82) is 0 Å². The minimum absolute atomic E-state index is 0.135. The lowest BCUT2D eigenvalue weighted by Crippen LogP contribution is -2.32. The quantitative estimate of drug-likeness (QED) is 0.735. The maximum atomic E-state index is 11.7. The van der Waals surface area contributed by atoms with Gasteiger partial charge in [-0.15, -0.1) is 0 Å². The summed E-state index contributed by atoms with van der Waals surface area (Å²) < 4.78 is 10.3. The van der Waals surface area contributed by atoms with Crippen LogP contribution in [-0.2, 0) is 16.1 Å². The van der Waals surface area contributed by atoms with E-state index in [1.807, 2.05) is 6.07 Å². The van der Waals surface area contributed by atoms with Crippen LogP contribution in [0.2, 0.25) is 0 Å². The highest BCUT2D eigenvalue weighted by molar-refractivity contribution is 5.97. The normalized spacial score (nSPS) is 13.4. The Bertz CT molecular complexity index is 526. The average molecular weight is 292 g/mol. The average Bonchev–Trinajstić information content (AvgIpc) is 3.28. The molecule has 0 radical (unpaired) electrons. The first-order valence-corrected chi connectivity index (χ1v) is 6.89. The zero-order valence-corrected chi connectivity index (χ0v) is 12.3. The molecule has 114 valence electrons. The van der Waals surface area contributed by atoms with Crippen LogP contribution >= 0.6 is 0 Å². The molecule has 6 nitrogen and oxygen atoms in total. The van der Waals surface area contributed by atoms with Crippen LogP contribution in [0.1, 0.15) is 24.8 Å². The second-order valence-electron chi connectivity index (χ2n) is 4.98. The van der Waals surface area contributed by atoms with Gasteiger partial charge >= 0.3 is 0 Å². The third-order valence-corrected chi connectivity index (χ3v) is 3.20. The molecule has 1 saturated carbocycles. The molecule has 0 spiro atoms. The molecule has 1 aliphatic rings. The maximum absolute atomic E-state index is 11.7. The summed E-state index contributed by atoms with van der Waals surface area (Å²) in [5.74, 6) is 0.734. The molecule has 1 aliphatic carbocycles. The van der Waals surface area contributed by atoms with E-state index in [-0.39, 0.29) is 24.3 Å². The van der Waals surface area contributed by atoms with E-state index in [0.29, 0.717) is 18.0 Å². The molecule has 1 fully saturated rings. The van der Waals surface area contributed by atoms with Gasteiger partial charge in [-0.05, 0) is 30.5 Å². The van der Waals surface area contributed by atoms with Crippen molar-refractivity contribution in [3.63, 3.8) is 0 Å². The third kappa shape index (κ3) is 4.66. The fraction of sp³-hybridized carbons (Fsp3) is 0.467. The van der Waals surface area contributed by atoms with Crippen LogP contribution in [0, 0.1) is 0 Å². The van der Waals surface area contributed by atoms with Crippen LogP contribution in [0.25, 0.3) is 0 Å². The smallest absolute Gasteiger partial charge is 0.229 e. The van der Waals surface area contributed by atoms with Crippen molar-refractivity contribution in [3.05, 3.63) is 23.8 Å². The molecule has 2 rings (SSSR count). The van der Waals surface area contributed by atoms with E-state index >= 15 is 0 Å². The topological polar surface area (TPSA) is 76.7 Å². The summed E-state index contributed by atoms with van der Waals surface area (Å²) in [5, 5.41) is 5.50. The van der Waals surface area contributed by atoms with Crippen LogP contribution in [0.3, 0.4) is 0 Å². The molecular formula is C15H20N2O4. The number of benzene rings is 1. The molecule has 2 N–H and O–H groups in total. The molecule has 0 aromatic heterocycles. The fourth-order valence-corrected chi connectivity index (χ4v) is 1.91. The lowest BCUT2D eigenvalue weighted by atomic mass is 10.2. The number of rotatable bonds is 7. The Morgan fingerprint density at radius 1 is 1.14 bits per heavy atom. The van der Waals surface area contributed by atoms with Gasteiger partial charge in [0, 0.05) is 12.6 Å². The van der Waals surface area contributed by atoms with Crippen molar-refractivity contribution in [2.75, 3.05) is 14.2 Å². The summed E-state index contributed by atoms with van der Waals surface area (Å²) >= 11 is 0. The van der Waals surface area contributed by atoms with E-state index in [0.717, 1.165) is 18.4 Å². The van der Waals surface area contributed by atoms with Gasteiger partial charge in [-0.2, -0.15) is 0 Å². The zero-order valence-electron chi connectivity index (χ0n) is 12.3. The molecule has 6 heteroatoms. The van der Waals surface area contributed by atoms with Crippen molar-refractivity contribution in [1.82, 2.24) is 10.6 Å². The molecule has 1 aromatic rings. The van der Waals surface area contributed by atoms with Gasteiger partial charge in [0.25, 0.3) is 0 Å². The van der Waals surface area contributed by atoms with E-state index in [9.17, 15) is 9.59 Å². The number of hydrogen-bond acceptors (Lipinski definition) is 4. The van der Waals surface area contributed by atoms with E-state index in [1.54, 1.807) is 26.4 Å². The van der Waals surface area contributed by atoms with Crippen LogP contribution in [0.5, 0.6) is 11.5 Å². The van der Waals surface area contributed by atoms with Crippen molar-refractivity contribution < 1.29 is 19.1 Å². The number of methoxy groups -OCH3 is 2. The number of carbonyl (C=O) groups excluding carboxylic acids is 2. The first kappa shape index (κ1) is 15.2. The summed E-state index contributed by atoms with van der Waals surface area (Å²) in [6, 6.07) is 5.69. The van der Waals surface area contributed by atoms with E-state index < -0.39 is 0 Å². The largest absolute Gasteiger partial charge is 0.493 e. The Labute approximate surface area is 123 Å². The van der Waals surface area contributed by atoms with Crippen LogP contribution < -0.4 is 20.1 Å². The SMILES string of the molecule is COc1ccc(CNC(=O)CC(=O)NC2CC2)cc1OC. The number of hydrogen-bond donors (Lipinski definition) is 2. The Morgan fingerprint density at radius 3 is 2.48 bits per heavy atom. The molecule has 0 atom stereocenters. The minimum Gasteiger partial charge on any atom is -0.493 e. The van der Waals surface area contributed by atoms with Crippen LogP contribution in [0.15, 0.2) is 18.2 Å². The highest BCUT2D eigenvalue weighted by Gasteiger charge is 2.23. The van der Waals surface area contributed by atoms with Gasteiger partial charge in [-0.3, -0.25) is 9.59 Å². The molecule has 0 aliphatic heterocycles. The van der Waals surface area contributed by atoms with Gasteiger partial charge in [0.05, 0.1) is 14.2 Å². The molecule has 2 amide bonds. The van der Waals surface area contributed by atoms with Crippen LogP contribution in [-0.4, -0.2) is 32.1 Å². The first-order chi connectivity index (χ1) is 10.1. The second kappa shape index (κ2) is 6.97. The number of nitrogens with one attached hydrogen (secondary N) is 2. The Balaban J connectivity index is 1.81. The predicted molar refractivity (Wildman–Crippen MR) is 77.2 cm³/mol. The first-order valence-electron chi connectivity index (χ1n) is 6.89. The van der Waals surface area contributed by atoms with Crippen molar-refractivity contribution in [3.8, 4) is 11.5 Å². The molecule has 0 heterocycles. The maximum Gasteiger partial charge on any atom is 0.229 e. The van der Waals surface area contributed by atoms with Crippen LogP contribution in [0.4, 0.5) is 0 Å². The summed E-state index contributed by atoms with van der Waals surface area (Å²) in [5.41, 5.74) is 0.878. The Morgan fingerprint density at radius 2 is 1.86 bits per heavy atom. The summed E-state index contributed by atoms with van der Waals surface area (Å²) in [6.45, 7) is 0.343. The number of amides is 2. The molecule has 0 bridgehead atoms. The van der Waals surface area contributed by atoms with Gasteiger partial charge in [-0.1, -0.05) is 6.07 Å². The molecule has 1 aromatic carbocycles. The Kier molecular flexibility index (Phi) is 5.03. The van der Waals surface area contributed by atoms with Gasteiger partial charge in [-0.25, -0.2) is 0 Å². The zero-order chi connectivity index (χ0) is 15.2. The van der Waals surface area contributed by atoms with Gasteiger partial charge in [0.1, 0.15) is 6.42 Å². The highest BCUT2D eigenvalue weighted by atomic mass is 16.5. The third-order valence-electron chi connectivity index (χ3n) is 3.20. The number of ether oxygens (including phenoxy) is 2. The van der Waals surface area contributed by atoms with E-state index in [1.165, 1.54) is 0 Å². The molecular weight excluding hydrogens is 272 g/mol. The van der Waals surface area contributed by atoms with Crippen molar-refractivity contribution in [2.24, 2.45) is 0 Å². The lowest BCUT2D eigenvalue weighted by molar-refractivity contribution is -0.129. The standard InChI is InChI=1S/C15H20N2O4/c1-20-12-6-3-10(7-13(12)21-2)9-16-14(18)8-15(19)17-11-4-5-11/h3,6-7,11H,4-5,8-9H2,1-2H3,(H,16,18)(H,17,19). The van der Waals surface area contributed by atoms with Crippen molar-refractivity contribution >= 4 is 11.8 Å². The van der Waals surface area contributed by atoms with Gasteiger partial charge in [0.15, 0.2) is 11.5 Å². The van der Waals surface area contributed by atoms with E-state index in [4.69, 9.17) is 9.47 Å². The fourth-order valence-electron chi connectivity index (χ4n) is 1.91. The minimum atomic E-state index is -0.289. The van der Waals surface area contributed by atoms with Crippen molar-refractivity contribution in [2.45, 2.75) is 31.8 Å². The lowest BCUT2D eigenvalue weighted by Gasteiger charge is -2.10. The van der Waals surface area contributed by atoms with E-state index in [2.05, 4.69) is 10.6 Å². The highest BCUT2D eigenvalue weighted by Crippen LogP contribution is 2.27. The predicted octanol–water partition coefficient (Wildman–Crippen LogP) is 0.989. The van der Waals surface area contributed by atoms with Gasteiger partial charge in [0.2, 0.25) is 11.8 Å². The molecule has 0 unspecified atom stereocenters. The Hall–Kier alpha value is -2.24. The molecule has 0 saturated heterocycles. The molecule has 21 heavy (non-hydrogen) atoms. The summed E-state index contributed by atoms with van der Waals surface area (Å²) in [7, 11) is 3.13. The summed E-state index contributed by atoms with van der Waals surface area (Å²) in [4.78, 5) is 23.2. The van der Waals surface area contributed by atoms with Gasteiger partial charge < -0.3 is 20.1 Å². The second-order valence-corrected chi connectivity index (χ2v) is 4.98. The summed E-state index contributed by atoms with van der Waals surface area (Å²) in [6.07, 6.45) is 1.89.